The molecule has 0 aromatic heterocycles. The quantitative estimate of drug-likeness (QED) is 0.630. The van der Waals surface area contributed by atoms with E-state index in [2.05, 4.69) is 15.5 Å². The summed E-state index contributed by atoms with van der Waals surface area (Å²) in [6, 6.07) is 13.3. The Morgan fingerprint density at radius 1 is 1.00 bits per heavy atom. The van der Waals surface area contributed by atoms with Crippen LogP contribution in [0.3, 0.4) is 0 Å². The minimum absolute atomic E-state index is 0.0710. The van der Waals surface area contributed by atoms with Gasteiger partial charge in [-0.1, -0.05) is 25.0 Å². The molecule has 1 aliphatic heterocycles. The highest BCUT2D eigenvalue weighted by atomic mass is 16.5. The zero-order chi connectivity index (χ0) is 23.2. The number of hydrogen-bond acceptors (Lipinski definition) is 5. The van der Waals surface area contributed by atoms with Gasteiger partial charge in [0.2, 0.25) is 5.91 Å². The molecule has 2 aromatic rings. The second kappa shape index (κ2) is 10.7. The van der Waals surface area contributed by atoms with Crippen molar-refractivity contribution in [3.8, 4) is 11.5 Å². The molecule has 7 heteroatoms. The molecule has 33 heavy (non-hydrogen) atoms. The average Bonchev–Trinajstić information content (AvgIpc) is 3.51. The predicted octanol–water partition coefficient (Wildman–Crippen LogP) is 4.15. The van der Waals surface area contributed by atoms with Crippen molar-refractivity contribution in [3.63, 3.8) is 0 Å². The highest BCUT2D eigenvalue weighted by Crippen LogP contribution is 2.38. The van der Waals surface area contributed by atoms with E-state index in [1.165, 1.54) is 0 Å². The molecule has 1 unspecified atom stereocenters. The lowest BCUT2D eigenvalue weighted by atomic mass is 10.0. The highest BCUT2D eigenvalue weighted by Gasteiger charge is 2.30. The van der Waals surface area contributed by atoms with Crippen molar-refractivity contribution < 1.29 is 19.1 Å². The smallest absolute Gasteiger partial charge is 0.253 e. The van der Waals surface area contributed by atoms with Crippen LogP contribution in [0.25, 0.3) is 0 Å². The van der Waals surface area contributed by atoms with Crippen LogP contribution in [0.1, 0.15) is 60.5 Å². The van der Waals surface area contributed by atoms with E-state index in [4.69, 9.17) is 9.47 Å². The topological polar surface area (TPSA) is 79.9 Å². The van der Waals surface area contributed by atoms with Gasteiger partial charge in [0.15, 0.2) is 0 Å². The molecule has 1 saturated carbocycles. The molecular formula is C26H33N3O4. The van der Waals surface area contributed by atoms with Crippen LogP contribution in [0, 0.1) is 0 Å². The lowest BCUT2D eigenvalue weighted by Crippen LogP contribution is -2.35. The summed E-state index contributed by atoms with van der Waals surface area (Å²) < 4.78 is 11.0. The molecule has 1 atom stereocenters. The summed E-state index contributed by atoms with van der Waals surface area (Å²) in [5, 5.41) is 6.08. The Kier molecular flexibility index (Phi) is 7.50. The molecule has 0 radical (unpaired) electrons. The number of nitrogens with one attached hydrogen (secondary N) is 2. The number of carbonyl (C=O) groups excluding carboxylic acids is 2. The molecule has 1 saturated heterocycles. The van der Waals surface area contributed by atoms with Crippen molar-refractivity contribution >= 4 is 17.5 Å². The maximum Gasteiger partial charge on any atom is 0.253 e. The normalized spacial score (nSPS) is 18.8. The number of likely N-dealkylation sites (tertiary alicyclic amines) is 1. The van der Waals surface area contributed by atoms with Gasteiger partial charge in [0.25, 0.3) is 5.91 Å². The third kappa shape index (κ3) is 5.47. The molecule has 0 spiro atoms. The van der Waals surface area contributed by atoms with Crippen LogP contribution in [-0.2, 0) is 4.79 Å². The number of hydrogen-bond donors (Lipinski definition) is 2. The fourth-order valence-electron chi connectivity index (χ4n) is 4.97. The Hall–Kier alpha value is -3.06. The molecular weight excluding hydrogens is 418 g/mol. The minimum Gasteiger partial charge on any atom is -0.497 e. The van der Waals surface area contributed by atoms with E-state index in [0.717, 1.165) is 62.1 Å². The van der Waals surface area contributed by atoms with Crippen molar-refractivity contribution in [2.45, 2.75) is 50.6 Å². The van der Waals surface area contributed by atoms with Gasteiger partial charge in [-0.25, -0.2) is 0 Å². The Balaban J connectivity index is 1.44. The summed E-state index contributed by atoms with van der Waals surface area (Å²) in [5.41, 5.74) is 2.08. The van der Waals surface area contributed by atoms with Gasteiger partial charge in [-0.3, -0.25) is 14.5 Å². The summed E-state index contributed by atoms with van der Waals surface area (Å²) in [6.07, 6.45) is 6.28. The number of amides is 2. The van der Waals surface area contributed by atoms with Gasteiger partial charge in [-0.2, -0.15) is 0 Å². The molecule has 176 valence electrons. The number of benzene rings is 2. The predicted molar refractivity (Wildman–Crippen MR) is 128 cm³/mol. The summed E-state index contributed by atoms with van der Waals surface area (Å²) >= 11 is 0. The van der Waals surface area contributed by atoms with Crippen molar-refractivity contribution in [2.75, 3.05) is 32.6 Å². The first-order valence-electron chi connectivity index (χ1n) is 11.7. The maximum absolute atomic E-state index is 13.0. The van der Waals surface area contributed by atoms with E-state index < -0.39 is 0 Å². The zero-order valence-electron chi connectivity index (χ0n) is 19.4. The van der Waals surface area contributed by atoms with Gasteiger partial charge in [0.05, 0.1) is 32.0 Å². The molecule has 1 aliphatic carbocycles. The fraction of sp³-hybridized carbons (Fsp3) is 0.462. The monoisotopic (exact) mass is 451 g/mol. The Morgan fingerprint density at radius 2 is 1.79 bits per heavy atom. The zero-order valence-corrected chi connectivity index (χ0v) is 19.4. The lowest BCUT2D eigenvalue weighted by molar-refractivity contribution is -0.117. The molecule has 4 rings (SSSR count). The summed E-state index contributed by atoms with van der Waals surface area (Å²) in [6.45, 7) is 1.06. The van der Waals surface area contributed by atoms with Crippen LogP contribution < -0.4 is 20.1 Å². The van der Waals surface area contributed by atoms with Crippen LogP contribution in [-0.4, -0.2) is 50.1 Å². The van der Waals surface area contributed by atoms with Gasteiger partial charge in [-0.05, 0) is 62.6 Å². The Labute approximate surface area is 195 Å². The summed E-state index contributed by atoms with van der Waals surface area (Å²) in [4.78, 5) is 28.0. The van der Waals surface area contributed by atoms with Crippen LogP contribution in [0.2, 0.25) is 0 Å². The molecule has 2 fully saturated rings. The maximum atomic E-state index is 13.0. The molecule has 0 bridgehead atoms. The molecule has 7 nitrogen and oxygen atoms in total. The largest absolute Gasteiger partial charge is 0.497 e. The van der Waals surface area contributed by atoms with Crippen molar-refractivity contribution in [3.05, 3.63) is 53.6 Å². The van der Waals surface area contributed by atoms with Gasteiger partial charge in [0, 0.05) is 17.6 Å². The molecule has 2 N–H and O–H groups in total. The second-order valence-corrected chi connectivity index (χ2v) is 8.78. The van der Waals surface area contributed by atoms with Gasteiger partial charge in [-0.15, -0.1) is 0 Å². The molecule has 2 aromatic carbocycles. The standard InChI is InChI=1S/C26H33N3O4/c1-32-19-13-14-24(33-2)21(16-19)23-12-7-15-29(23)17-25(30)28-22-11-6-5-10-20(22)26(31)27-18-8-3-4-9-18/h5-6,10-11,13-14,16,18,23H,3-4,7-9,12,15,17H2,1-2H3,(H,27,31)(H,28,30). The minimum atomic E-state index is -0.134. The first kappa shape index (κ1) is 23.1. The number of nitrogens with zero attached hydrogens (tertiary/aromatic N) is 1. The average molecular weight is 452 g/mol. The Morgan fingerprint density at radius 3 is 2.55 bits per heavy atom. The number of methoxy groups -OCH3 is 2. The summed E-state index contributed by atoms with van der Waals surface area (Å²) in [7, 11) is 3.30. The summed E-state index contributed by atoms with van der Waals surface area (Å²) in [5.74, 6) is 1.30. The lowest BCUT2D eigenvalue weighted by Gasteiger charge is -2.26. The van der Waals surface area contributed by atoms with E-state index >= 15 is 0 Å². The number of rotatable bonds is 8. The van der Waals surface area contributed by atoms with Gasteiger partial charge < -0.3 is 20.1 Å². The van der Waals surface area contributed by atoms with Crippen molar-refractivity contribution in [1.29, 1.82) is 0 Å². The van der Waals surface area contributed by atoms with Crippen LogP contribution in [0.4, 0.5) is 5.69 Å². The van der Waals surface area contributed by atoms with E-state index in [9.17, 15) is 9.59 Å². The highest BCUT2D eigenvalue weighted by molar-refractivity contribution is 6.04. The molecule has 2 aliphatic rings. The number of para-hydroxylation sites is 1. The number of carbonyl (C=O) groups is 2. The first-order chi connectivity index (χ1) is 16.1. The SMILES string of the molecule is COc1ccc(OC)c(C2CCCN2CC(=O)Nc2ccccc2C(=O)NC2CCCC2)c1. The number of anilines is 1. The van der Waals surface area contributed by atoms with Crippen LogP contribution in [0.5, 0.6) is 11.5 Å². The van der Waals surface area contributed by atoms with E-state index in [1.54, 1.807) is 26.4 Å². The molecule has 1 heterocycles. The third-order valence-electron chi connectivity index (χ3n) is 6.64. The van der Waals surface area contributed by atoms with E-state index in [1.807, 2.05) is 30.3 Å². The van der Waals surface area contributed by atoms with Gasteiger partial charge in [0.1, 0.15) is 11.5 Å². The van der Waals surface area contributed by atoms with Crippen molar-refractivity contribution in [1.82, 2.24) is 10.2 Å². The first-order valence-corrected chi connectivity index (χ1v) is 11.7. The van der Waals surface area contributed by atoms with Crippen LogP contribution >= 0.6 is 0 Å². The third-order valence-corrected chi connectivity index (χ3v) is 6.64. The van der Waals surface area contributed by atoms with Crippen molar-refractivity contribution in [2.24, 2.45) is 0 Å². The fourth-order valence-corrected chi connectivity index (χ4v) is 4.97. The van der Waals surface area contributed by atoms with E-state index in [-0.39, 0.29) is 30.4 Å². The number of ether oxygens (including phenoxy) is 2. The second-order valence-electron chi connectivity index (χ2n) is 8.78. The van der Waals surface area contributed by atoms with Gasteiger partial charge >= 0.3 is 0 Å². The molecule has 2 amide bonds. The Bertz CT molecular complexity index is 987. The van der Waals surface area contributed by atoms with Crippen LogP contribution in [0.15, 0.2) is 42.5 Å². The van der Waals surface area contributed by atoms with E-state index in [0.29, 0.717) is 11.3 Å².